The van der Waals surface area contributed by atoms with Gasteiger partial charge >= 0.3 is 0 Å². The number of hydrogen-bond acceptors (Lipinski definition) is 5. The monoisotopic (exact) mass is 215 g/mol. The number of furan rings is 1. The van der Waals surface area contributed by atoms with Crippen molar-refractivity contribution in [2.75, 3.05) is 5.32 Å². The third kappa shape index (κ3) is 1.50. The van der Waals surface area contributed by atoms with Crippen LogP contribution in [0.5, 0.6) is 0 Å². The minimum absolute atomic E-state index is 0.648. The van der Waals surface area contributed by atoms with Crippen LogP contribution in [-0.2, 0) is 6.54 Å². The van der Waals surface area contributed by atoms with E-state index in [-0.39, 0.29) is 0 Å². The topological polar surface area (TPSA) is 79.6 Å². The first kappa shape index (κ1) is 8.90. The summed E-state index contributed by atoms with van der Waals surface area (Å²) in [7, 11) is 0. The van der Waals surface area contributed by atoms with E-state index < -0.39 is 0 Å². The average Bonchev–Trinajstić information content (AvgIpc) is 2.97. The number of fused-ring (bicyclic) bond motifs is 1. The smallest absolute Gasteiger partial charge is 0.162 e. The number of hydrogen-bond donors (Lipinski definition) is 2. The molecule has 3 aromatic rings. The van der Waals surface area contributed by atoms with Gasteiger partial charge in [0.1, 0.15) is 11.8 Å². The summed E-state index contributed by atoms with van der Waals surface area (Å²) in [5, 5.41) is 3.18. The Hall–Kier alpha value is -2.37. The molecule has 6 nitrogen and oxygen atoms in total. The van der Waals surface area contributed by atoms with Crippen molar-refractivity contribution in [3.05, 3.63) is 36.8 Å². The quantitative estimate of drug-likeness (QED) is 0.693. The maximum Gasteiger partial charge on any atom is 0.162 e. The second-order valence-corrected chi connectivity index (χ2v) is 3.31. The van der Waals surface area contributed by atoms with Crippen LogP contribution in [0.4, 0.5) is 5.82 Å². The molecule has 0 unspecified atom stereocenters. The summed E-state index contributed by atoms with van der Waals surface area (Å²) < 4.78 is 4.98. The lowest BCUT2D eigenvalue weighted by Gasteiger charge is -2.02. The van der Waals surface area contributed by atoms with E-state index in [2.05, 4.69) is 25.3 Å². The number of aromatic amines is 1. The Bertz CT molecular complexity index is 586. The molecule has 0 atom stereocenters. The lowest BCUT2D eigenvalue weighted by molar-refractivity contribution is 0.564. The Morgan fingerprint density at radius 2 is 2.31 bits per heavy atom. The van der Waals surface area contributed by atoms with Gasteiger partial charge in [0, 0.05) is 12.1 Å². The predicted octanol–water partition coefficient (Wildman–Crippen LogP) is 1.56. The molecule has 80 valence electrons. The van der Waals surface area contributed by atoms with Crippen molar-refractivity contribution in [3.8, 4) is 0 Å². The Morgan fingerprint density at radius 1 is 1.31 bits per heavy atom. The van der Waals surface area contributed by atoms with E-state index in [0.717, 1.165) is 16.7 Å². The van der Waals surface area contributed by atoms with Gasteiger partial charge in [0.05, 0.1) is 18.9 Å². The third-order valence-electron chi connectivity index (χ3n) is 2.26. The standard InChI is InChI=1S/C10H9N5O/c1-2-16-4-7(1)3-11-9-8-10(13-5-12-8)15-6-14-9/h1-2,4-6H,3H2,(H2,11,12,13,14,15). The van der Waals surface area contributed by atoms with Crippen LogP contribution >= 0.6 is 0 Å². The van der Waals surface area contributed by atoms with E-state index in [1.165, 1.54) is 6.33 Å². The molecular formula is C10H9N5O. The number of imidazole rings is 1. The third-order valence-corrected chi connectivity index (χ3v) is 2.26. The van der Waals surface area contributed by atoms with Crippen LogP contribution in [-0.4, -0.2) is 19.9 Å². The van der Waals surface area contributed by atoms with Gasteiger partial charge < -0.3 is 14.7 Å². The van der Waals surface area contributed by atoms with Crippen molar-refractivity contribution in [3.63, 3.8) is 0 Å². The van der Waals surface area contributed by atoms with Crippen LogP contribution < -0.4 is 5.32 Å². The summed E-state index contributed by atoms with van der Waals surface area (Å²) in [6.45, 7) is 0.648. The zero-order valence-electron chi connectivity index (χ0n) is 8.34. The molecule has 6 heteroatoms. The van der Waals surface area contributed by atoms with Crippen molar-refractivity contribution >= 4 is 17.0 Å². The van der Waals surface area contributed by atoms with Crippen molar-refractivity contribution in [2.24, 2.45) is 0 Å². The fourth-order valence-corrected chi connectivity index (χ4v) is 1.47. The number of anilines is 1. The van der Waals surface area contributed by atoms with Gasteiger partial charge in [-0.05, 0) is 6.07 Å². The maximum absolute atomic E-state index is 4.98. The van der Waals surface area contributed by atoms with Crippen molar-refractivity contribution in [1.29, 1.82) is 0 Å². The normalized spacial score (nSPS) is 10.8. The molecule has 16 heavy (non-hydrogen) atoms. The minimum atomic E-state index is 0.648. The van der Waals surface area contributed by atoms with Gasteiger partial charge in [0.15, 0.2) is 11.5 Å². The molecule has 3 heterocycles. The van der Waals surface area contributed by atoms with E-state index in [1.54, 1.807) is 18.9 Å². The summed E-state index contributed by atoms with van der Waals surface area (Å²) in [5.41, 5.74) is 2.53. The van der Waals surface area contributed by atoms with E-state index in [1.807, 2.05) is 6.07 Å². The van der Waals surface area contributed by atoms with Gasteiger partial charge in [-0.25, -0.2) is 15.0 Å². The zero-order valence-corrected chi connectivity index (χ0v) is 8.34. The molecule has 0 aromatic carbocycles. The number of nitrogens with one attached hydrogen (secondary N) is 2. The van der Waals surface area contributed by atoms with Gasteiger partial charge in [-0.2, -0.15) is 0 Å². The Kier molecular flexibility index (Phi) is 2.03. The lowest BCUT2D eigenvalue weighted by atomic mass is 10.3. The lowest BCUT2D eigenvalue weighted by Crippen LogP contribution is -2.01. The van der Waals surface area contributed by atoms with Crippen LogP contribution in [0.1, 0.15) is 5.56 Å². The fraction of sp³-hybridized carbons (Fsp3) is 0.100. The number of nitrogens with zero attached hydrogens (tertiary/aromatic N) is 3. The highest BCUT2D eigenvalue weighted by Crippen LogP contribution is 2.15. The fourth-order valence-electron chi connectivity index (χ4n) is 1.47. The molecule has 0 fully saturated rings. The van der Waals surface area contributed by atoms with Gasteiger partial charge in [0.2, 0.25) is 0 Å². The Morgan fingerprint density at radius 3 is 3.19 bits per heavy atom. The number of rotatable bonds is 3. The molecule has 0 aliphatic rings. The van der Waals surface area contributed by atoms with Crippen molar-refractivity contribution < 1.29 is 4.42 Å². The number of H-pyrrole nitrogens is 1. The van der Waals surface area contributed by atoms with Crippen LogP contribution in [0, 0.1) is 0 Å². The molecule has 0 saturated heterocycles. The first-order valence-electron chi connectivity index (χ1n) is 4.82. The van der Waals surface area contributed by atoms with E-state index in [9.17, 15) is 0 Å². The van der Waals surface area contributed by atoms with Crippen LogP contribution in [0.3, 0.4) is 0 Å². The molecule has 0 bridgehead atoms. The van der Waals surface area contributed by atoms with E-state index >= 15 is 0 Å². The van der Waals surface area contributed by atoms with Crippen molar-refractivity contribution in [2.45, 2.75) is 6.54 Å². The van der Waals surface area contributed by atoms with Crippen molar-refractivity contribution in [1.82, 2.24) is 19.9 Å². The SMILES string of the molecule is c1nc(NCc2ccoc2)c2nc[nH]c2n1. The van der Waals surface area contributed by atoms with Gasteiger partial charge in [-0.1, -0.05) is 0 Å². The van der Waals surface area contributed by atoms with Gasteiger partial charge in [-0.15, -0.1) is 0 Å². The first-order valence-corrected chi connectivity index (χ1v) is 4.82. The first-order chi connectivity index (χ1) is 7.93. The van der Waals surface area contributed by atoms with E-state index in [0.29, 0.717) is 12.4 Å². The molecule has 0 aliphatic heterocycles. The summed E-state index contributed by atoms with van der Waals surface area (Å²) in [6.07, 6.45) is 6.43. The largest absolute Gasteiger partial charge is 0.472 e. The molecule has 0 amide bonds. The second kappa shape index (κ2) is 3.65. The van der Waals surface area contributed by atoms with Gasteiger partial charge in [0.25, 0.3) is 0 Å². The average molecular weight is 215 g/mol. The second-order valence-electron chi connectivity index (χ2n) is 3.31. The molecule has 3 rings (SSSR count). The summed E-state index contributed by atoms with van der Waals surface area (Å²) in [4.78, 5) is 15.3. The molecule has 2 N–H and O–H groups in total. The highest BCUT2D eigenvalue weighted by Gasteiger charge is 2.05. The highest BCUT2D eigenvalue weighted by molar-refractivity contribution is 5.81. The molecule has 3 aromatic heterocycles. The Balaban J connectivity index is 1.86. The Labute approximate surface area is 90.7 Å². The minimum Gasteiger partial charge on any atom is -0.472 e. The number of aromatic nitrogens is 4. The maximum atomic E-state index is 4.98. The van der Waals surface area contributed by atoms with Crippen LogP contribution in [0.15, 0.2) is 35.7 Å². The molecule has 0 spiro atoms. The summed E-state index contributed by atoms with van der Waals surface area (Å²) in [5.74, 6) is 0.715. The van der Waals surface area contributed by atoms with Crippen LogP contribution in [0.2, 0.25) is 0 Å². The molecule has 0 radical (unpaired) electrons. The van der Waals surface area contributed by atoms with Gasteiger partial charge in [-0.3, -0.25) is 0 Å². The summed E-state index contributed by atoms with van der Waals surface area (Å²) in [6, 6.07) is 1.90. The highest BCUT2D eigenvalue weighted by atomic mass is 16.3. The molecular weight excluding hydrogens is 206 g/mol. The molecule has 0 saturated carbocycles. The molecule has 0 aliphatic carbocycles. The van der Waals surface area contributed by atoms with Crippen LogP contribution in [0.25, 0.3) is 11.2 Å². The predicted molar refractivity (Wildman–Crippen MR) is 57.7 cm³/mol. The zero-order chi connectivity index (χ0) is 10.8. The summed E-state index contributed by atoms with van der Waals surface area (Å²) >= 11 is 0. The van der Waals surface area contributed by atoms with E-state index in [4.69, 9.17) is 4.42 Å².